The third kappa shape index (κ3) is 5.06. The lowest BCUT2D eigenvalue weighted by Crippen LogP contribution is -2.30. The van der Waals surface area contributed by atoms with Gasteiger partial charge in [-0.1, -0.05) is 36.4 Å². The first kappa shape index (κ1) is 21.1. The summed E-state index contributed by atoms with van der Waals surface area (Å²) in [4.78, 5) is 27.1. The van der Waals surface area contributed by atoms with E-state index in [-0.39, 0.29) is 18.4 Å². The summed E-state index contributed by atoms with van der Waals surface area (Å²) < 4.78 is 0. The Bertz CT molecular complexity index is 1030. The van der Waals surface area contributed by atoms with Crippen molar-refractivity contribution < 1.29 is 9.59 Å². The normalized spacial score (nSPS) is 10.4. The van der Waals surface area contributed by atoms with E-state index in [1.165, 1.54) is 0 Å². The van der Waals surface area contributed by atoms with Gasteiger partial charge < -0.3 is 15.5 Å². The molecule has 0 radical (unpaired) electrons. The number of para-hydroxylation sites is 1. The molecule has 0 unspecified atom stereocenters. The van der Waals surface area contributed by atoms with Crippen molar-refractivity contribution in [3.8, 4) is 0 Å². The minimum absolute atomic E-state index is 0.0767. The molecule has 3 aromatic carbocycles. The fourth-order valence-electron chi connectivity index (χ4n) is 3.23. The van der Waals surface area contributed by atoms with Gasteiger partial charge in [-0.25, -0.2) is 0 Å². The molecular weight excluding hydrogens is 374 g/mol. The van der Waals surface area contributed by atoms with Gasteiger partial charge in [0.25, 0.3) is 5.91 Å². The summed E-state index contributed by atoms with van der Waals surface area (Å²) in [6, 6.07) is 22.6. The van der Waals surface area contributed by atoms with Gasteiger partial charge in [0.15, 0.2) is 0 Å². The lowest BCUT2D eigenvalue weighted by molar-refractivity contribution is -0.114. The number of carbonyl (C=O) groups is 2. The molecule has 0 aliphatic heterocycles. The number of carbonyl (C=O) groups excluding carboxylic acids is 2. The molecule has 5 nitrogen and oxygen atoms in total. The van der Waals surface area contributed by atoms with Crippen LogP contribution in [0.5, 0.6) is 0 Å². The quantitative estimate of drug-likeness (QED) is 0.584. The van der Waals surface area contributed by atoms with Crippen LogP contribution in [-0.2, 0) is 4.79 Å². The van der Waals surface area contributed by atoms with Crippen LogP contribution < -0.4 is 15.5 Å². The molecule has 0 bridgehead atoms. The molecule has 3 aromatic rings. The molecule has 30 heavy (non-hydrogen) atoms. The van der Waals surface area contributed by atoms with Crippen LogP contribution in [0.1, 0.15) is 28.4 Å². The average Bonchev–Trinajstić information content (AvgIpc) is 2.77. The predicted molar refractivity (Wildman–Crippen MR) is 123 cm³/mol. The molecule has 5 heteroatoms. The highest BCUT2D eigenvalue weighted by molar-refractivity contribution is 6.06. The molecule has 0 aliphatic rings. The van der Waals surface area contributed by atoms with Crippen molar-refractivity contribution in [1.82, 2.24) is 0 Å². The Kier molecular flexibility index (Phi) is 6.86. The summed E-state index contributed by atoms with van der Waals surface area (Å²) in [7, 11) is 0. The van der Waals surface area contributed by atoms with Crippen LogP contribution in [0.2, 0.25) is 0 Å². The predicted octanol–water partition coefficient (Wildman–Crippen LogP) is 5.02. The van der Waals surface area contributed by atoms with Crippen LogP contribution in [0.4, 0.5) is 17.1 Å². The third-order valence-corrected chi connectivity index (χ3v) is 5.07. The molecule has 2 N–H and O–H groups in total. The van der Waals surface area contributed by atoms with Crippen molar-refractivity contribution in [2.24, 2.45) is 0 Å². The second kappa shape index (κ2) is 9.74. The van der Waals surface area contributed by atoms with E-state index in [0.717, 1.165) is 28.2 Å². The smallest absolute Gasteiger partial charge is 0.258 e. The summed E-state index contributed by atoms with van der Waals surface area (Å²) in [5.41, 5.74) is 5.15. The number of benzene rings is 3. The van der Waals surface area contributed by atoms with Crippen molar-refractivity contribution in [3.63, 3.8) is 0 Å². The van der Waals surface area contributed by atoms with Crippen LogP contribution in [0.25, 0.3) is 0 Å². The topological polar surface area (TPSA) is 61.4 Å². The Balaban J connectivity index is 1.66. The Morgan fingerprint density at radius 1 is 0.900 bits per heavy atom. The van der Waals surface area contributed by atoms with E-state index in [9.17, 15) is 9.59 Å². The van der Waals surface area contributed by atoms with Gasteiger partial charge in [0.2, 0.25) is 5.91 Å². The maximum atomic E-state index is 13.0. The molecule has 3 rings (SSSR count). The molecule has 0 spiro atoms. The van der Waals surface area contributed by atoms with Crippen LogP contribution >= 0.6 is 0 Å². The largest absolute Gasteiger partial charge is 0.376 e. The molecule has 0 aliphatic carbocycles. The van der Waals surface area contributed by atoms with Crippen LogP contribution in [-0.4, -0.2) is 24.9 Å². The number of nitrogens with zero attached hydrogens (tertiary/aromatic N) is 1. The standard InChI is InChI=1S/C25H27N3O2/c1-4-28(22-13-6-5-7-14-22)25(30)20-11-9-12-21(16-20)26-17-24(29)27-23-15-8-10-18(2)19(23)3/h5-16,26H,4,17H2,1-3H3,(H,27,29). The number of hydrogen-bond donors (Lipinski definition) is 2. The summed E-state index contributed by atoms with van der Waals surface area (Å²) in [6.07, 6.45) is 0. The van der Waals surface area contributed by atoms with Crippen molar-refractivity contribution >= 4 is 28.9 Å². The first-order valence-electron chi connectivity index (χ1n) is 10.1. The average molecular weight is 402 g/mol. The maximum Gasteiger partial charge on any atom is 0.258 e. The number of amides is 2. The van der Waals surface area contributed by atoms with Crippen molar-refractivity contribution in [3.05, 3.63) is 89.5 Å². The fourth-order valence-corrected chi connectivity index (χ4v) is 3.23. The van der Waals surface area contributed by atoms with Gasteiger partial charge in [0, 0.05) is 29.2 Å². The number of nitrogens with one attached hydrogen (secondary N) is 2. The molecule has 0 aromatic heterocycles. The SMILES string of the molecule is CCN(C(=O)c1cccc(NCC(=O)Nc2cccc(C)c2C)c1)c1ccccc1. The van der Waals surface area contributed by atoms with E-state index in [4.69, 9.17) is 0 Å². The van der Waals surface area contributed by atoms with Crippen molar-refractivity contribution in [2.45, 2.75) is 20.8 Å². The van der Waals surface area contributed by atoms with E-state index in [1.807, 2.05) is 81.4 Å². The highest BCUT2D eigenvalue weighted by Crippen LogP contribution is 2.20. The van der Waals surface area contributed by atoms with Gasteiger partial charge in [-0.15, -0.1) is 0 Å². The van der Waals surface area contributed by atoms with E-state index >= 15 is 0 Å². The first-order valence-corrected chi connectivity index (χ1v) is 10.1. The fraction of sp³-hybridized carbons (Fsp3) is 0.200. The maximum absolute atomic E-state index is 13.0. The number of anilines is 3. The summed E-state index contributed by atoms with van der Waals surface area (Å²) >= 11 is 0. The molecule has 154 valence electrons. The lowest BCUT2D eigenvalue weighted by atomic mass is 10.1. The Morgan fingerprint density at radius 2 is 1.63 bits per heavy atom. The molecule has 0 fully saturated rings. The molecule has 0 saturated carbocycles. The van der Waals surface area contributed by atoms with Crippen LogP contribution in [0, 0.1) is 13.8 Å². The second-order valence-electron chi connectivity index (χ2n) is 7.11. The zero-order valence-corrected chi connectivity index (χ0v) is 17.6. The summed E-state index contributed by atoms with van der Waals surface area (Å²) in [5.74, 6) is -0.216. The van der Waals surface area contributed by atoms with E-state index < -0.39 is 0 Å². The monoisotopic (exact) mass is 401 g/mol. The van der Waals surface area contributed by atoms with E-state index in [1.54, 1.807) is 17.0 Å². The molecular formula is C25H27N3O2. The number of aryl methyl sites for hydroxylation is 1. The van der Waals surface area contributed by atoms with E-state index in [0.29, 0.717) is 12.1 Å². The second-order valence-corrected chi connectivity index (χ2v) is 7.11. The summed E-state index contributed by atoms with van der Waals surface area (Å²) in [6.45, 7) is 6.63. The molecule has 2 amide bonds. The van der Waals surface area contributed by atoms with Crippen LogP contribution in [0.3, 0.4) is 0 Å². The molecule has 0 saturated heterocycles. The Labute approximate surface area is 177 Å². The molecule has 0 heterocycles. The third-order valence-electron chi connectivity index (χ3n) is 5.07. The number of rotatable bonds is 7. The minimum atomic E-state index is -0.139. The van der Waals surface area contributed by atoms with Gasteiger partial charge in [0.05, 0.1) is 6.54 Å². The van der Waals surface area contributed by atoms with Gasteiger partial charge in [-0.3, -0.25) is 9.59 Å². The van der Waals surface area contributed by atoms with Crippen LogP contribution in [0.15, 0.2) is 72.8 Å². The van der Waals surface area contributed by atoms with Gasteiger partial charge in [0.1, 0.15) is 0 Å². The van der Waals surface area contributed by atoms with Gasteiger partial charge in [-0.05, 0) is 68.3 Å². The highest BCUT2D eigenvalue weighted by atomic mass is 16.2. The lowest BCUT2D eigenvalue weighted by Gasteiger charge is -2.21. The van der Waals surface area contributed by atoms with Crippen molar-refractivity contribution in [1.29, 1.82) is 0 Å². The first-order chi connectivity index (χ1) is 14.5. The number of hydrogen-bond acceptors (Lipinski definition) is 3. The zero-order valence-electron chi connectivity index (χ0n) is 17.6. The Hall–Kier alpha value is -3.60. The van der Waals surface area contributed by atoms with E-state index in [2.05, 4.69) is 10.6 Å². The summed E-state index contributed by atoms with van der Waals surface area (Å²) in [5, 5.41) is 6.04. The Morgan fingerprint density at radius 3 is 2.37 bits per heavy atom. The molecule has 0 atom stereocenters. The van der Waals surface area contributed by atoms with Gasteiger partial charge in [-0.2, -0.15) is 0 Å². The minimum Gasteiger partial charge on any atom is -0.376 e. The van der Waals surface area contributed by atoms with Gasteiger partial charge >= 0.3 is 0 Å². The van der Waals surface area contributed by atoms with Crippen molar-refractivity contribution in [2.75, 3.05) is 28.6 Å². The highest BCUT2D eigenvalue weighted by Gasteiger charge is 2.16. The zero-order chi connectivity index (χ0) is 21.5.